The first-order valence-electron chi connectivity index (χ1n) is 9.71. The van der Waals surface area contributed by atoms with Crippen molar-refractivity contribution in [3.63, 3.8) is 0 Å². The number of aryl methyl sites for hydroxylation is 1. The van der Waals surface area contributed by atoms with Crippen molar-refractivity contribution in [2.45, 2.75) is 39.5 Å². The van der Waals surface area contributed by atoms with Crippen molar-refractivity contribution in [3.05, 3.63) is 70.4 Å². The second-order valence-corrected chi connectivity index (χ2v) is 7.25. The number of carbonyl (C=O) groups is 1. The third-order valence-electron chi connectivity index (χ3n) is 5.36. The van der Waals surface area contributed by atoms with Gasteiger partial charge in [0.1, 0.15) is 0 Å². The van der Waals surface area contributed by atoms with Gasteiger partial charge in [-0.15, -0.1) is 0 Å². The Bertz CT molecular complexity index is 910. The lowest BCUT2D eigenvalue weighted by Crippen LogP contribution is -2.31. The number of hydrogen-bond acceptors (Lipinski definition) is 1. The van der Waals surface area contributed by atoms with Crippen molar-refractivity contribution in [3.8, 4) is 0 Å². The van der Waals surface area contributed by atoms with Gasteiger partial charge in [-0.2, -0.15) is 0 Å². The number of H-pyrrole nitrogens is 1. The molecule has 27 heavy (non-hydrogen) atoms. The fraction of sp³-hybridized carbons (Fsp3) is 0.348. The molecule has 1 atom stereocenters. The van der Waals surface area contributed by atoms with E-state index in [1.807, 2.05) is 43.0 Å². The number of aromatic amines is 1. The summed E-state index contributed by atoms with van der Waals surface area (Å²) in [4.78, 5) is 18.2. The smallest absolute Gasteiger partial charge is 0.223 e. The molecule has 0 aliphatic rings. The van der Waals surface area contributed by atoms with E-state index in [9.17, 15) is 4.79 Å². The Morgan fingerprint density at radius 3 is 2.41 bits per heavy atom. The number of hydrogen-bond donors (Lipinski definition) is 1. The highest BCUT2D eigenvalue weighted by molar-refractivity contribution is 6.30. The van der Waals surface area contributed by atoms with Crippen molar-refractivity contribution in [1.29, 1.82) is 0 Å². The molecule has 0 bridgehead atoms. The molecule has 2 aromatic carbocycles. The van der Waals surface area contributed by atoms with Crippen LogP contribution in [0.2, 0.25) is 5.02 Å². The maximum absolute atomic E-state index is 12.9. The van der Waals surface area contributed by atoms with Crippen LogP contribution < -0.4 is 0 Å². The quantitative estimate of drug-likeness (QED) is 0.552. The minimum atomic E-state index is -0.00350. The van der Waals surface area contributed by atoms with E-state index in [0.29, 0.717) is 11.4 Å². The molecule has 0 saturated heterocycles. The van der Waals surface area contributed by atoms with Crippen LogP contribution in [0.3, 0.4) is 0 Å². The molecule has 3 aromatic rings. The predicted molar refractivity (Wildman–Crippen MR) is 114 cm³/mol. The predicted octanol–water partition coefficient (Wildman–Crippen LogP) is 5.77. The molecule has 0 spiro atoms. The number of rotatable bonds is 7. The number of fused-ring (bicyclic) bond motifs is 1. The molecular weight excluding hydrogens is 356 g/mol. The summed E-state index contributed by atoms with van der Waals surface area (Å²) >= 11 is 6.10. The lowest BCUT2D eigenvalue weighted by atomic mass is 9.87. The summed E-state index contributed by atoms with van der Waals surface area (Å²) in [5.41, 5.74) is 4.75. The Morgan fingerprint density at radius 1 is 1.07 bits per heavy atom. The SMILES string of the molecule is CCc1cccc2c([C@H](CC(=O)N(CC)CC)c3ccc(Cl)cc3)c[nH]c12. The van der Waals surface area contributed by atoms with Gasteiger partial charge < -0.3 is 9.88 Å². The number of para-hydroxylation sites is 1. The fourth-order valence-corrected chi connectivity index (χ4v) is 3.93. The summed E-state index contributed by atoms with van der Waals surface area (Å²) in [5, 5.41) is 1.90. The van der Waals surface area contributed by atoms with E-state index in [2.05, 4.69) is 36.3 Å². The highest BCUT2D eigenvalue weighted by Crippen LogP contribution is 2.35. The van der Waals surface area contributed by atoms with Crippen molar-refractivity contribution >= 4 is 28.4 Å². The van der Waals surface area contributed by atoms with Crippen LogP contribution in [0.4, 0.5) is 0 Å². The maximum atomic E-state index is 12.9. The normalized spacial score (nSPS) is 12.3. The summed E-state index contributed by atoms with van der Waals surface area (Å²) in [6.07, 6.45) is 3.49. The van der Waals surface area contributed by atoms with E-state index in [-0.39, 0.29) is 11.8 Å². The fourth-order valence-electron chi connectivity index (χ4n) is 3.80. The van der Waals surface area contributed by atoms with Gasteiger partial charge >= 0.3 is 0 Å². The molecule has 0 fully saturated rings. The van der Waals surface area contributed by atoms with Crippen LogP contribution >= 0.6 is 11.6 Å². The summed E-state index contributed by atoms with van der Waals surface area (Å²) < 4.78 is 0. The number of halogens is 1. The average molecular weight is 383 g/mol. The molecular formula is C23H27ClN2O. The van der Waals surface area contributed by atoms with Gasteiger partial charge in [-0.1, -0.05) is 48.9 Å². The highest BCUT2D eigenvalue weighted by Gasteiger charge is 2.23. The Balaban J connectivity index is 2.07. The molecule has 3 rings (SSSR count). The lowest BCUT2D eigenvalue weighted by molar-refractivity contribution is -0.131. The van der Waals surface area contributed by atoms with Crippen molar-refractivity contribution in [1.82, 2.24) is 9.88 Å². The van der Waals surface area contributed by atoms with Gasteiger partial charge in [-0.05, 0) is 49.1 Å². The minimum absolute atomic E-state index is 0.00350. The molecule has 1 amide bonds. The van der Waals surface area contributed by atoms with Crippen LogP contribution in [0.25, 0.3) is 10.9 Å². The van der Waals surface area contributed by atoms with Crippen LogP contribution in [0.1, 0.15) is 49.8 Å². The van der Waals surface area contributed by atoms with E-state index >= 15 is 0 Å². The molecule has 3 nitrogen and oxygen atoms in total. The van der Waals surface area contributed by atoms with E-state index < -0.39 is 0 Å². The number of benzene rings is 2. The van der Waals surface area contributed by atoms with Crippen molar-refractivity contribution in [2.24, 2.45) is 0 Å². The zero-order valence-electron chi connectivity index (χ0n) is 16.3. The first kappa shape index (κ1) is 19.5. The molecule has 0 radical (unpaired) electrons. The van der Waals surface area contributed by atoms with Gasteiger partial charge in [0.25, 0.3) is 0 Å². The summed E-state index contributed by atoms with van der Waals surface area (Å²) in [6, 6.07) is 14.3. The molecule has 1 heterocycles. The molecule has 1 aromatic heterocycles. The number of nitrogens with zero attached hydrogens (tertiary/aromatic N) is 1. The zero-order chi connectivity index (χ0) is 19.4. The van der Waals surface area contributed by atoms with Gasteiger partial charge in [0.05, 0.1) is 0 Å². The second kappa shape index (κ2) is 8.62. The minimum Gasteiger partial charge on any atom is -0.361 e. The lowest BCUT2D eigenvalue weighted by Gasteiger charge is -2.23. The number of aromatic nitrogens is 1. The van der Waals surface area contributed by atoms with E-state index in [0.717, 1.165) is 25.1 Å². The molecule has 0 saturated carbocycles. The topological polar surface area (TPSA) is 36.1 Å². The van der Waals surface area contributed by atoms with Gasteiger partial charge in [0.15, 0.2) is 0 Å². The highest BCUT2D eigenvalue weighted by atomic mass is 35.5. The largest absolute Gasteiger partial charge is 0.361 e. The Hall–Kier alpha value is -2.26. The first-order chi connectivity index (χ1) is 13.1. The number of nitrogens with one attached hydrogen (secondary N) is 1. The molecule has 1 N–H and O–H groups in total. The molecule has 0 unspecified atom stereocenters. The Morgan fingerprint density at radius 2 is 1.78 bits per heavy atom. The number of carbonyl (C=O) groups excluding carboxylic acids is 1. The zero-order valence-corrected chi connectivity index (χ0v) is 17.0. The standard InChI is InChI=1S/C23H27ClN2O/c1-4-16-8-7-9-19-21(15-25-23(16)19)20(14-22(27)26(5-2)6-3)17-10-12-18(24)13-11-17/h7-13,15,20,25H,4-6,14H2,1-3H3/t20-/m1/s1. The van der Waals surface area contributed by atoms with Crippen LogP contribution in [-0.2, 0) is 11.2 Å². The van der Waals surface area contributed by atoms with Gasteiger partial charge in [0, 0.05) is 47.6 Å². The third-order valence-corrected chi connectivity index (χ3v) is 5.61. The summed E-state index contributed by atoms with van der Waals surface area (Å²) in [6.45, 7) is 7.68. The molecule has 0 aliphatic heterocycles. The maximum Gasteiger partial charge on any atom is 0.223 e. The monoisotopic (exact) mass is 382 g/mol. The van der Waals surface area contributed by atoms with Crippen molar-refractivity contribution < 1.29 is 4.79 Å². The number of amides is 1. The Labute approximate surface area is 166 Å². The van der Waals surface area contributed by atoms with Crippen LogP contribution in [-0.4, -0.2) is 28.9 Å². The van der Waals surface area contributed by atoms with Gasteiger partial charge in [-0.25, -0.2) is 0 Å². The summed E-state index contributed by atoms with van der Waals surface area (Å²) in [5.74, 6) is 0.178. The van der Waals surface area contributed by atoms with Crippen LogP contribution in [0, 0.1) is 0 Å². The van der Waals surface area contributed by atoms with Crippen molar-refractivity contribution in [2.75, 3.05) is 13.1 Å². The van der Waals surface area contributed by atoms with E-state index in [4.69, 9.17) is 11.6 Å². The Kier molecular flexibility index (Phi) is 6.22. The average Bonchev–Trinajstić information content (AvgIpc) is 3.12. The van der Waals surface area contributed by atoms with Crippen LogP contribution in [0.15, 0.2) is 48.7 Å². The second-order valence-electron chi connectivity index (χ2n) is 6.81. The molecule has 142 valence electrons. The van der Waals surface area contributed by atoms with Crippen LogP contribution in [0.5, 0.6) is 0 Å². The van der Waals surface area contributed by atoms with Gasteiger partial charge in [0.2, 0.25) is 5.91 Å². The molecule has 0 aliphatic carbocycles. The first-order valence-corrected chi connectivity index (χ1v) is 10.1. The molecule has 4 heteroatoms. The van der Waals surface area contributed by atoms with Gasteiger partial charge in [-0.3, -0.25) is 4.79 Å². The third kappa shape index (κ3) is 4.03. The summed E-state index contributed by atoms with van der Waals surface area (Å²) in [7, 11) is 0. The van der Waals surface area contributed by atoms with E-state index in [1.54, 1.807) is 0 Å². The van der Waals surface area contributed by atoms with E-state index in [1.165, 1.54) is 22.0 Å².